The Morgan fingerprint density at radius 1 is 0.938 bits per heavy atom. The Morgan fingerprint density at radius 2 is 1.59 bits per heavy atom. The Bertz CT molecular complexity index is 1490. The molecule has 5 rings (SSSR count). The summed E-state index contributed by atoms with van der Waals surface area (Å²) in [6, 6.07) is 23.2. The average Bonchev–Trinajstić information content (AvgIpc) is 3.08. The third-order valence-corrected chi connectivity index (χ3v) is 4.98. The number of nitrogens with zero attached hydrogens (tertiary/aromatic N) is 4. The van der Waals surface area contributed by atoms with Gasteiger partial charge >= 0.3 is 0 Å². The minimum absolute atomic E-state index is 0.0739. The summed E-state index contributed by atoms with van der Waals surface area (Å²) in [6.45, 7) is 0. The minimum atomic E-state index is -0.417. The fraction of sp³-hybridized carbons (Fsp3) is 0. The fourth-order valence-corrected chi connectivity index (χ4v) is 3.42. The van der Waals surface area contributed by atoms with E-state index in [-0.39, 0.29) is 17.1 Å². The van der Waals surface area contributed by atoms with Crippen LogP contribution in [-0.4, -0.2) is 31.9 Å². The molecule has 8 nitrogen and oxygen atoms in total. The van der Waals surface area contributed by atoms with E-state index in [1.54, 1.807) is 36.4 Å². The van der Waals surface area contributed by atoms with Crippen LogP contribution in [0.15, 0.2) is 84.0 Å². The van der Waals surface area contributed by atoms with Gasteiger partial charge in [0.25, 0.3) is 5.91 Å². The number of aromatic nitrogens is 3. The first-order valence-corrected chi connectivity index (χ1v) is 9.87. The third-order valence-electron chi connectivity index (χ3n) is 4.98. The Balaban J connectivity index is 1.69. The number of anilines is 2. The molecule has 2 heterocycles. The summed E-state index contributed by atoms with van der Waals surface area (Å²) >= 11 is 0. The number of benzene rings is 3. The molecule has 0 aliphatic heterocycles. The van der Waals surface area contributed by atoms with Gasteiger partial charge in [-0.1, -0.05) is 42.5 Å². The van der Waals surface area contributed by atoms with Gasteiger partial charge in [0.05, 0.1) is 17.2 Å². The summed E-state index contributed by atoms with van der Waals surface area (Å²) in [7, 11) is 0. The molecule has 0 bridgehead atoms. The van der Waals surface area contributed by atoms with Crippen LogP contribution in [0.3, 0.4) is 0 Å². The zero-order valence-corrected chi connectivity index (χ0v) is 16.8. The number of carbonyl (C=O) groups excluding carboxylic acids is 1. The smallest absolute Gasteiger partial charge is 0.261 e. The van der Waals surface area contributed by atoms with Gasteiger partial charge in [-0.2, -0.15) is 9.78 Å². The van der Waals surface area contributed by atoms with Crippen molar-refractivity contribution in [2.45, 2.75) is 0 Å². The molecule has 2 aromatic heterocycles. The molecule has 4 N–H and O–H groups in total. The van der Waals surface area contributed by atoms with E-state index in [1.165, 1.54) is 10.9 Å². The summed E-state index contributed by atoms with van der Waals surface area (Å²) in [6.07, 6.45) is 1.46. The fourth-order valence-electron chi connectivity index (χ4n) is 3.42. The van der Waals surface area contributed by atoms with E-state index in [2.05, 4.69) is 20.4 Å². The molecule has 32 heavy (non-hydrogen) atoms. The number of aromatic hydroxyl groups is 1. The SMILES string of the molecule is Nc1c(C(=O)Nc2ccccc2)c2nc3ccccc3nc2n1/N=C/c1ccccc1O. The second-order valence-electron chi connectivity index (χ2n) is 7.08. The predicted molar refractivity (Wildman–Crippen MR) is 125 cm³/mol. The topological polar surface area (TPSA) is 118 Å². The van der Waals surface area contributed by atoms with Crippen LogP contribution in [0.2, 0.25) is 0 Å². The van der Waals surface area contributed by atoms with Gasteiger partial charge in [-0.3, -0.25) is 4.79 Å². The second kappa shape index (κ2) is 7.84. The lowest BCUT2D eigenvalue weighted by Crippen LogP contribution is -2.14. The Morgan fingerprint density at radius 3 is 2.34 bits per heavy atom. The van der Waals surface area contributed by atoms with Gasteiger partial charge in [0.1, 0.15) is 22.6 Å². The molecule has 0 saturated carbocycles. The van der Waals surface area contributed by atoms with Gasteiger partial charge in [-0.05, 0) is 36.4 Å². The molecule has 0 saturated heterocycles. The van der Waals surface area contributed by atoms with Crippen LogP contribution < -0.4 is 11.1 Å². The lowest BCUT2D eigenvalue weighted by molar-refractivity contribution is 0.102. The first-order chi connectivity index (χ1) is 15.6. The summed E-state index contributed by atoms with van der Waals surface area (Å²) in [5.74, 6) is -0.250. The number of fused-ring (bicyclic) bond motifs is 2. The molecule has 0 radical (unpaired) electrons. The first kappa shape index (κ1) is 19.3. The maximum atomic E-state index is 13.2. The van der Waals surface area contributed by atoms with Gasteiger partial charge in [0.2, 0.25) is 0 Å². The summed E-state index contributed by atoms with van der Waals surface area (Å²) < 4.78 is 1.36. The van der Waals surface area contributed by atoms with Crippen molar-refractivity contribution >= 4 is 45.8 Å². The molecule has 1 amide bonds. The van der Waals surface area contributed by atoms with Crippen LogP contribution in [0.1, 0.15) is 15.9 Å². The molecule has 156 valence electrons. The monoisotopic (exact) mass is 422 g/mol. The summed E-state index contributed by atoms with van der Waals surface area (Å²) in [5, 5.41) is 17.3. The van der Waals surface area contributed by atoms with Crippen molar-refractivity contribution in [2.75, 3.05) is 11.1 Å². The van der Waals surface area contributed by atoms with E-state index in [4.69, 9.17) is 5.73 Å². The molecule has 0 spiro atoms. The van der Waals surface area contributed by atoms with Gasteiger partial charge in [-0.25, -0.2) is 9.97 Å². The van der Waals surface area contributed by atoms with E-state index in [0.29, 0.717) is 33.4 Å². The second-order valence-corrected chi connectivity index (χ2v) is 7.08. The number of hydrogen-bond donors (Lipinski definition) is 3. The average molecular weight is 422 g/mol. The number of hydrogen-bond acceptors (Lipinski definition) is 6. The molecule has 0 aliphatic carbocycles. The molecule has 3 aromatic carbocycles. The van der Waals surface area contributed by atoms with Gasteiger partial charge < -0.3 is 16.2 Å². The van der Waals surface area contributed by atoms with Crippen LogP contribution in [0.5, 0.6) is 5.75 Å². The highest BCUT2D eigenvalue weighted by molar-refractivity contribution is 6.16. The Labute approximate surface area is 182 Å². The standard InChI is InChI=1S/C24H18N6O2/c25-22-20(24(32)27-16-9-2-1-3-10-16)21-23(29-18-12-6-5-11-17(18)28-21)30(22)26-14-15-8-4-7-13-19(15)31/h1-14,31H,25H2,(H,27,32)/b26-14+. The number of nitrogen functional groups attached to an aromatic ring is 1. The molecule has 8 heteroatoms. The van der Waals surface area contributed by atoms with E-state index in [0.717, 1.165) is 0 Å². The van der Waals surface area contributed by atoms with Crippen molar-refractivity contribution in [3.63, 3.8) is 0 Å². The summed E-state index contributed by atoms with van der Waals surface area (Å²) in [5.41, 5.74) is 9.64. The highest BCUT2D eigenvalue weighted by Crippen LogP contribution is 2.29. The van der Waals surface area contributed by atoms with Crippen LogP contribution in [-0.2, 0) is 0 Å². The van der Waals surface area contributed by atoms with Crippen molar-refractivity contribution in [2.24, 2.45) is 5.10 Å². The van der Waals surface area contributed by atoms with E-state index < -0.39 is 5.91 Å². The van der Waals surface area contributed by atoms with Crippen molar-refractivity contribution in [1.29, 1.82) is 0 Å². The molecular weight excluding hydrogens is 404 g/mol. The molecular formula is C24H18N6O2. The Kier molecular flexibility index (Phi) is 4.72. The molecule has 0 unspecified atom stereocenters. The largest absolute Gasteiger partial charge is 0.507 e. The molecule has 0 fully saturated rings. The first-order valence-electron chi connectivity index (χ1n) is 9.87. The van der Waals surface area contributed by atoms with Crippen molar-refractivity contribution in [3.05, 3.63) is 90.0 Å². The van der Waals surface area contributed by atoms with E-state index in [1.807, 2.05) is 42.5 Å². The lowest BCUT2D eigenvalue weighted by atomic mass is 10.2. The highest BCUT2D eigenvalue weighted by atomic mass is 16.3. The number of para-hydroxylation sites is 4. The number of rotatable bonds is 4. The molecule has 0 atom stereocenters. The number of phenolic OH excluding ortho intramolecular Hbond substituents is 1. The number of amides is 1. The van der Waals surface area contributed by atoms with E-state index >= 15 is 0 Å². The Hall–Kier alpha value is -4.72. The third kappa shape index (κ3) is 3.39. The van der Waals surface area contributed by atoms with Gasteiger partial charge in [0, 0.05) is 11.3 Å². The number of nitrogens with two attached hydrogens (primary N) is 1. The van der Waals surface area contributed by atoms with Crippen LogP contribution >= 0.6 is 0 Å². The lowest BCUT2D eigenvalue weighted by Gasteiger charge is -2.05. The number of phenols is 1. The zero-order chi connectivity index (χ0) is 22.1. The van der Waals surface area contributed by atoms with Crippen LogP contribution in [0.25, 0.3) is 22.2 Å². The number of nitrogens with one attached hydrogen (secondary N) is 1. The molecule has 0 aliphatic rings. The van der Waals surface area contributed by atoms with E-state index in [9.17, 15) is 9.90 Å². The van der Waals surface area contributed by atoms with Gasteiger partial charge in [-0.15, -0.1) is 0 Å². The quantitative estimate of drug-likeness (QED) is 0.378. The van der Waals surface area contributed by atoms with Crippen molar-refractivity contribution in [3.8, 4) is 5.75 Å². The molecule has 5 aromatic rings. The predicted octanol–water partition coefficient (Wildman–Crippen LogP) is 4.01. The minimum Gasteiger partial charge on any atom is -0.507 e. The van der Waals surface area contributed by atoms with Crippen LogP contribution in [0.4, 0.5) is 11.5 Å². The van der Waals surface area contributed by atoms with Crippen molar-refractivity contribution in [1.82, 2.24) is 14.6 Å². The maximum absolute atomic E-state index is 13.2. The number of carbonyl (C=O) groups is 1. The van der Waals surface area contributed by atoms with Crippen molar-refractivity contribution < 1.29 is 9.90 Å². The summed E-state index contributed by atoms with van der Waals surface area (Å²) in [4.78, 5) is 22.5. The maximum Gasteiger partial charge on any atom is 0.261 e. The normalized spacial score (nSPS) is 11.4. The zero-order valence-electron chi connectivity index (χ0n) is 16.8. The van der Waals surface area contributed by atoms with Crippen LogP contribution in [0, 0.1) is 0 Å². The highest BCUT2D eigenvalue weighted by Gasteiger charge is 2.24. The van der Waals surface area contributed by atoms with Gasteiger partial charge in [0.15, 0.2) is 5.65 Å².